The molecule has 0 atom stereocenters. The predicted molar refractivity (Wildman–Crippen MR) is 118 cm³/mol. The molecule has 0 saturated heterocycles. The van der Waals surface area contributed by atoms with E-state index in [-0.39, 0.29) is 0 Å². The van der Waals surface area contributed by atoms with Crippen LogP contribution in [0.5, 0.6) is 0 Å². The maximum Gasteiger partial charge on any atom is 0.161 e. The monoisotopic (exact) mass is 390 g/mol. The van der Waals surface area contributed by atoms with Gasteiger partial charge in [0, 0.05) is 35.9 Å². The Morgan fingerprint density at radius 1 is 0.633 bits per heavy atom. The van der Waals surface area contributed by atoms with Gasteiger partial charge in [-0.05, 0) is 59.7 Å². The molecule has 0 unspecified atom stereocenters. The Bertz CT molecular complexity index is 1300. The van der Waals surface area contributed by atoms with Gasteiger partial charge in [-0.1, -0.05) is 12.1 Å². The lowest BCUT2D eigenvalue weighted by Crippen LogP contribution is -2.40. The summed E-state index contributed by atoms with van der Waals surface area (Å²) in [7, 11) is 0. The molecule has 3 N–H and O–H groups in total. The van der Waals surface area contributed by atoms with Gasteiger partial charge in [0.2, 0.25) is 0 Å². The van der Waals surface area contributed by atoms with Gasteiger partial charge in [-0.15, -0.1) is 0 Å². The number of aromatic amines is 1. The maximum atomic E-state index is 4.38. The second-order valence-corrected chi connectivity index (χ2v) is 7.37. The summed E-state index contributed by atoms with van der Waals surface area (Å²) in [5.41, 5.74) is 7.93. The molecule has 6 nitrogen and oxygen atoms in total. The second-order valence-electron chi connectivity index (χ2n) is 7.37. The molecule has 30 heavy (non-hydrogen) atoms. The molecule has 1 aliphatic rings. The first kappa shape index (κ1) is 16.7. The molecule has 0 bridgehead atoms. The lowest BCUT2D eigenvalue weighted by molar-refractivity contribution is 0.700. The van der Waals surface area contributed by atoms with Gasteiger partial charge in [0.15, 0.2) is 5.66 Å². The first-order chi connectivity index (χ1) is 14.8. The van der Waals surface area contributed by atoms with E-state index in [0.29, 0.717) is 0 Å². The zero-order chi connectivity index (χ0) is 20.0. The summed E-state index contributed by atoms with van der Waals surface area (Å²) >= 11 is 0. The summed E-state index contributed by atoms with van der Waals surface area (Å²) in [5.74, 6) is 0. The highest BCUT2D eigenvalue weighted by molar-refractivity contribution is 5.87. The molecule has 5 aromatic rings. The van der Waals surface area contributed by atoms with Gasteiger partial charge in [0.05, 0.1) is 28.7 Å². The Labute approximate surface area is 173 Å². The van der Waals surface area contributed by atoms with E-state index in [0.717, 1.165) is 44.7 Å². The number of nitrogens with zero attached hydrogens (tertiary/aromatic N) is 3. The minimum atomic E-state index is -0.584. The molecule has 4 heterocycles. The van der Waals surface area contributed by atoms with Gasteiger partial charge in [0.25, 0.3) is 0 Å². The quantitative estimate of drug-likeness (QED) is 0.414. The number of aromatic nitrogens is 4. The van der Waals surface area contributed by atoms with E-state index in [9.17, 15) is 0 Å². The summed E-state index contributed by atoms with van der Waals surface area (Å²) in [6, 6.07) is 20.8. The van der Waals surface area contributed by atoms with Crippen molar-refractivity contribution in [1.82, 2.24) is 19.9 Å². The maximum absolute atomic E-state index is 4.38. The highest BCUT2D eigenvalue weighted by Crippen LogP contribution is 2.44. The second kappa shape index (κ2) is 6.42. The number of nitrogens with one attached hydrogen (secondary N) is 3. The van der Waals surface area contributed by atoms with Crippen LogP contribution in [0.3, 0.4) is 0 Å². The Morgan fingerprint density at radius 2 is 1.27 bits per heavy atom. The third-order valence-electron chi connectivity index (χ3n) is 5.65. The highest BCUT2D eigenvalue weighted by atomic mass is 15.3. The lowest BCUT2D eigenvalue weighted by atomic mass is 9.93. The normalized spacial score (nSPS) is 14.1. The smallest absolute Gasteiger partial charge is 0.161 e. The largest absolute Gasteiger partial charge is 0.354 e. The zero-order valence-corrected chi connectivity index (χ0v) is 16.0. The van der Waals surface area contributed by atoms with E-state index in [1.807, 2.05) is 49.1 Å². The average molecular weight is 390 g/mol. The number of imidazole rings is 1. The molecule has 0 fully saturated rings. The number of hydrogen-bond acceptors (Lipinski definition) is 5. The topological polar surface area (TPSA) is 78.5 Å². The molecule has 0 aliphatic carbocycles. The van der Waals surface area contributed by atoms with Crippen LogP contribution in [0.1, 0.15) is 11.1 Å². The van der Waals surface area contributed by atoms with Crippen molar-refractivity contribution in [2.45, 2.75) is 5.66 Å². The lowest BCUT2D eigenvalue weighted by Gasteiger charge is -2.31. The van der Waals surface area contributed by atoms with E-state index in [1.165, 1.54) is 0 Å². The van der Waals surface area contributed by atoms with Gasteiger partial charge < -0.3 is 15.6 Å². The molecule has 1 aliphatic heterocycles. The molecule has 0 amide bonds. The standard InChI is InChI=1S/C24H18N6/c1-3-20-22(28-15-27-20)13-16(1)17-2-4-21-23(14-17)30-24(29-21,18-5-9-25-10-6-18)19-7-11-26-12-8-19/h1-15,29-30H,(H,27,28). The van der Waals surface area contributed by atoms with E-state index in [2.05, 4.69) is 67.0 Å². The molecule has 6 rings (SSSR count). The number of fused-ring (bicyclic) bond motifs is 2. The Morgan fingerprint density at radius 3 is 2.00 bits per heavy atom. The molecule has 0 radical (unpaired) electrons. The third-order valence-corrected chi connectivity index (χ3v) is 5.65. The van der Waals surface area contributed by atoms with Gasteiger partial charge in [-0.3, -0.25) is 9.97 Å². The van der Waals surface area contributed by atoms with Crippen LogP contribution in [0.25, 0.3) is 22.2 Å². The van der Waals surface area contributed by atoms with E-state index >= 15 is 0 Å². The average Bonchev–Trinajstić information content (AvgIpc) is 3.44. The van der Waals surface area contributed by atoms with Gasteiger partial charge in [0.1, 0.15) is 0 Å². The van der Waals surface area contributed by atoms with Crippen LogP contribution < -0.4 is 10.6 Å². The van der Waals surface area contributed by atoms with Crippen molar-refractivity contribution in [2.24, 2.45) is 0 Å². The number of anilines is 2. The van der Waals surface area contributed by atoms with Crippen molar-refractivity contribution in [3.63, 3.8) is 0 Å². The SMILES string of the molecule is c1cc(C2(c3ccncc3)Nc3ccc(-c4ccc5[nH]cnc5c4)cc3N2)ccn1. The van der Waals surface area contributed by atoms with Crippen LogP contribution in [0.4, 0.5) is 11.4 Å². The first-order valence-corrected chi connectivity index (χ1v) is 9.77. The molecule has 0 saturated carbocycles. The molecule has 3 aromatic heterocycles. The number of hydrogen-bond donors (Lipinski definition) is 3. The summed E-state index contributed by atoms with van der Waals surface area (Å²) in [6.07, 6.45) is 8.98. The Balaban J connectivity index is 1.45. The summed E-state index contributed by atoms with van der Waals surface area (Å²) < 4.78 is 0. The van der Waals surface area contributed by atoms with Gasteiger partial charge >= 0.3 is 0 Å². The highest BCUT2D eigenvalue weighted by Gasteiger charge is 2.39. The van der Waals surface area contributed by atoms with Crippen LogP contribution in [0.15, 0.2) is 91.8 Å². The Kier molecular flexibility index (Phi) is 3.58. The summed E-state index contributed by atoms with van der Waals surface area (Å²) in [5, 5.41) is 7.44. The number of pyridine rings is 2. The molecule has 6 heteroatoms. The fourth-order valence-electron chi connectivity index (χ4n) is 4.14. The van der Waals surface area contributed by atoms with E-state index < -0.39 is 5.66 Å². The van der Waals surface area contributed by atoms with Gasteiger partial charge in [-0.25, -0.2) is 4.98 Å². The van der Waals surface area contributed by atoms with Crippen molar-refractivity contribution in [1.29, 1.82) is 0 Å². The van der Waals surface area contributed by atoms with E-state index in [4.69, 9.17) is 0 Å². The number of rotatable bonds is 3. The van der Waals surface area contributed by atoms with Crippen LogP contribution in [-0.2, 0) is 5.66 Å². The van der Waals surface area contributed by atoms with E-state index in [1.54, 1.807) is 6.33 Å². The van der Waals surface area contributed by atoms with Gasteiger partial charge in [-0.2, -0.15) is 0 Å². The number of H-pyrrole nitrogens is 1. The fourth-order valence-corrected chi connectivity index (χ4v) is 4.14. The van der Waals surface area contributed by atoms with Crippen molar-refractivity contribution < 1.29 is 0 Å². The van der Waals surface area contributed by atoms with Crippen molar-refractivity contribution in [2.75, 3.05) is 10.6 Å². The molecule has 0 spiro atoms. The summed E-state index contributed by atoms with van der Waals surface area (Å²) in [6.45, 7) is 0. The van der Waals surface area contributed by atoms with Crippen molar-refractivity contribution in [3.8, 4) is 11.1 Å². The van der Waals surface area contributed by atoms with Crippen LogP contribution in [0, 0.1) is 0 Å². The van der Waals surface area contributed by atoms with Crippen LogP contribution in [-0.4, -0.2) is 19.9 Å². The van der Waals surface area contributed by atoms with Crippen molar-refractivity contribution in [3.05, 3.63) is 103 Å². The van der Waals surface area contributed by atoms with Crippen LogP contribution in [0.2, 0.25) is 0 Å². The third kappa shape index (κ3) is 2.54. The molecule has 144 valence electrons. The molecular formula is C24H18N6. The molecule has 2 aromatic carbocycles. The van der Waals surface area contributed by atoms with Crippen LogP contribution >= 0.6 is 0 Å². The Hall–Kier alpha value is -4.19. The fraction of sp³-hybridized carbons (Fsp3) is 0.0417. The minimum absolute atomic E-state index is 0.584. The minimum Gasteiger partial charge on any atom is -0.354 e. The molecular weight excluding hydrogens is 372 g/mol. The van der Waals surface area contributed by atoms with Crippen molar-refractivity contribution >= 4 is 22.4 Å². The summed E-state index contributed by atoms with van der Waals surface area (Å²) in [4.78, 5) is 15.9. The first-order valence-electron chi connectivity index (χ1n) is 9.77. The zero-order valence-electron chi connectivity index (χ0n) is 16.0. The predicted octanol–water partition coefficient (Wildman–Crippen LogP) is 4.76. The number of benzene rings is 2.